The topological polar surface area (TPSA) is 23.5 Å². The van der Waals surface area contributed by atoms with Gasteiger partial charge in [-0.3, -0.25) is 0 Å². The van der Waals surface area contributed by atoms with Gasteiger partial charge in [-0.25, -0.2) is 4.39 Å². The summed E-state index contributed by atoms with van der Waals surface area (Å²) in [6.45, 7) is 2.16. The molecule has 1 N–H and O–H groups in total. The first-order valence-corrected chi connectivity index (χ1v) is 5.75. The largest absolute Gasteiger partial charge is 0.396 e. The summed E-state index contributed by atoms with van der Waals surface area (Å²) in [7, 11) is 2.07. The molecule has 2 atom stereocenters. The summed E-state index contributed by atoms with van der Waals surface area (Å²) in [6.07, 6.45) is 1.04. The van der Waals surface area contributed by atoms with Gasteiger partial charge in [0.25, 0.3) is 0 Å². The predicted molar refractivity (Wildman–Crippen MR) is 61.8 cm³/mol. The molecule has 0 unspecified atom stereocenters. The second kappa shape index (κ2) is 4.93. The molecule has 2 nitrogen and oxygen atoms in total. The Bertz CT molecular complexity index is 338. The number of hydrogen-bond donors (Lipinski definition) is 1. The van der Waals surface area contributed by atoms with E-state index < -0.39 is 0 Å². The molecule has 0 aromatic heterocycles. The third kappa shape index (κ3) is 2.42. The first kappa shape index (κ1) is 11.6. The third-order valence-corrected chi connectivity index (χ3v) is 3.47. The minimum atomic E-state index is -0.197. The first-order valence-electron chi connectivity index (χ1n) is 5.75. The van der Waals surface area contributed by atoms with Gasteiger partial charge in [0.15, 0.2) is 0 Å². The highest BCUT2D eigenvalue weighted by atomic mass is 19.1. The number of aliphatic hydroxyl groups is 1. The number of piperidine rings is 1. The molecule has 0 bridgehead atoms. The van der Waals surface area contributed by atoms with Gasteiger partial charge in [0.2, 0.25) is 0 Å². The Morgan fingerprint density at radius 2 is 2.06 bits per heavy atom. The van der Waals surface area contributed by atoms with E-state index in [-0.39, 0.29) is 18.3 Å². The molecular weight excluding hydrogens is 205 g/mol. The second-order valence-electron chi connectivity index (χ2n) is 4.65. The van der Waals surface area contributed by atoms with Gasteiger partial charge in [-0.1, -0.05) is 12.1 Å². The van der Waals surface area contributed by atoms with Gasteiger partial charge in [0.1, 0.15) is 5.82 Å². The van der Waals surface area contributed by atoms with E-state index in [9.17, 15) is 9.50 Å². The van der Waals surface area contributed by atoms with Crippen LogP contribution < -0.4 is 0 Å². The zero-order chi connectivity index (χ0) is 11.5. The van der Waals surface area contributed by atoms with E-state index in [0.29, 0.717) is 5.92 Å². The summed E-state index contributed by atoms with van der Waals surface area (Å²) >= 11 is 0. The van der Waals surface area contributed by atoms with Gasteiger partial charge >= 0.3 is 0 Å². The monoisotopic (exact) mass is 223 g/mol. The van der Waals surface area contributed by atoms with E-state index in [1.165, 1.54) is 12.1 Å². The van der Waals surface area contributed by atoms with Crippen LogP contribution in [0.25, 0.3) is 0 Å². The third-order valence-electron chi connectivity index (χ3n) is 3.47. The number of nitrogens with zero attached hydrogens (tertiary/aromatic N) is 1. The van der Waals surface area contributed by atoms with E-state index in [1.54, 1.807) is 0 Å². The van der Waals surface area contributed by atoms with Gasteiger partial charge < -0.3 is 10.0 Å². The predicted octanol–water partition coefficient (Wildman–Crippen LogP) is 1.85. The first-order chi connectivity index (χ1) is 7.70. The second-order valence-corrected chi connectivity index (χ2v) is 4.65. The van der Waals surface area contributed by atoms with Gasteiger partial charge in [0, 0.05) is 19.1 Å². The van der Waals surface area contributed by atoms with Crippen LogP contribution in [0.1, 0.15) is 17.9 Å². The summed E-state index contributed by atoms with van der Waals surface area (Å²) < 4.78 is 12.8. The number of likely N-dealkylation sites (tertiary alicyclic amines) is 1. The molecule has 1 aliphatic heterocycles. The van der Waals surface area contributed by atoms with Crippen LogP contribution in [0.2, 0.25) is 0 Å². The highest BCUT2D eigenvalue weighted by molar-refractivity contribution is 5.22. The summed E-state index contributed by atoms with van der Waals surface area (Å²) in [5.74, 6) is 0.434. The van der Waals surface area contributed by atoms with Crippen LogP contribution >= 0.6 is 0 Å². The number of hydrogen-bond acceptors (Lipinski definition) is 2. The summed E-state index contributed by atoms with van der Waals surface area (Å²) in [5.41, 5.74) is 1.15. The minimum absolute atomic E-state index is 0.197. The maximum absolute atomic E-state index is 12.8. The van der Waals surface area contributed by atoms with Crippen molar-refractivity contribution in [1.82, 2.24) is 4.90 Å². The maximum Gasteiger partial charge on any atom is 0.123 e. The Morgan fingerprint density at radius 3 is 2.69 bits per heavy atom. The fourth-order valence-electron chi connectivity index (χ4n) is 2.55. The van der Waals surface area contributed by atoms with E-state index in [0.717, 1.165) is 25.1 Å². The molecule has 1 fully saturated rings. The number of halogens is 1. The van der Waals surface area contributed by atoms with E-state index in [2.05, 4.69) is 11.9 Å². The van der Waals surface area contributed by atoms with Crippen LogP contribution in [0.4, 0.5) is 4.39 Å². The molecular formula is C13H18FNO. The normalized spacial score (nSPS) is 26.9. The Labute approximate surface area is 95.7 Å². The van der Waals surface area contributed by atoms with E-state index >= 15 is 0 Å². The Balaban J connectivity index is 2.15. The van der Waals surface area contributed by atoms with Crippen molar-refractivity contribution in [3.63, 3.8) is 0 Å². The maximum atomic E-state index is 12.8. The SMILES string of the molecule is CN1CC[C@H](c2ccc(F)cc2)[C@H](CO)C1. The molecule has 0 spiro atoms. The van der Waals surface area contributed by atoms with Crippen LogP contribution in [0.15, 0.2) is 24.3 Å². The van der Waals surface area contributed by atoms with Crippen molar-refractivity contribution in [3.8, 4) is 0 Å². The van der Waals surface area contributed by atoms with Crippen LogP contribution in [-0.2, 0) is 0 Å². The van der Waals surface area contributed by atoms with Gasteiger partial charge in [-0.15, -0.1) is 0 Å². The van der Waals surface area contributed by atoms with Crippen molar-refractivity contribution >= 4 is 0 Å². The standard InChI is InChI=1S/C13H18FNO/c1-15-7-6-13(11(8-15)9-16)10-2-4-12(14)5-3-10/h2-5,11,13,16H,6-9H2,1H3/t11-,13+/m0/s1. The van der Waals surface area contributed by atoms with Gasteiger partial charge in [-0.05, 0) is 43.6 Å². The molecule has 1 aromatic carbocycles. The molecule has 0 radical (unpaired) electrons. The lowest BCUT2D eigenvalue weighted by Crippen LogP contribution is -2.38. The van der Waals surface area contributed by atoms with E-state index in [1.807, 2.05) is 12.1 Å². The van der Waals surface area contributed by atoms with Crippen LogP contribution in [0.5, 0.6) is 0 Å². The van der Waals surface area contributed by atoms with Crippen LogP contribution in [0.3, 0.4) is 0 Å². The van der Waals surface area contributed by atoms with Crippen molar-refractivity contribution in [3.05, 3.63) is 35.6 Å². The lowest BCUT2D eigenvalue weighted by atomic mass is 9.81. The minimum Gasteiger partial charge on any atom is -0.396 e. The molecule has 0 amide bonds. The van der Waals surface area contributed by atoms with Gasteiger partial charge in [-0.2, -0.15) is 0 Å². The fourth-order valence-corrected chi connectivity index (χ4v) is 2.55. The van der Waals surface area contributed by atoms with Crippen molar-refractivity contribution in [2.24, 2.45) is 5.92 Å². The van der Waals surface area contributed by atoms with E-state index in [4.69, 9.17) is 0 Å². The molecule has 1 saturated heterocycles. The fraction of sp³-hybridized carbons (Fsp3) is 0.538. The molecule has 1 heterocycles. The quantitative estimate of drug-likeness (QED) is 0.827. The molecule has 3 heteroatoms. The van der Waals surface area contributed by atoms with Crippen molar-refractivity contribution in [1.29, 1.82) is 0 Å². The number of aliphatic hydroxyl groups excluding tert-OH is 1. The Kier molecular flexibility index (Phi) is 3.56. The zero-order valence-corrected chi connectivity index (χ0v) is 9.56. The molecule has 0 saturated carbocycles. The smallest absolute Gasteiger partial charge is 0.123 e. The highest BCUT2D eigenvalue weighted by Crippen LogP contribution is 2.32. The lowest BCUT2D eigenvalue weighted by molar-refractivity contribution is 0.118. The van der Waals surface area contributed by atoms with Crippen molar-refractivity contribution in [2.75, 3.05) is 26.7 Å². The van der Waals surface area contributed by atoms with Crippen LogP contribution in [-0.4, -0.2) is 36.8 Å². The average molecular weight is 223 g/mol. The highest BCUT2D eigenvalue weighted by Gasteiger charge is 2.28. The molecule has 2 rings (SSSR count). The summed E-state index contributed by atoms with van der Waals surface area (Å²) in [6, 6.07) is 6.69. The van der Waals surface area contributed by atoms with Crippen molar-refractivity contribution in [2.45, 2.75) is 12.3 Å². The average Bonchev–Trinajstić information content (AvgIpc) is 2.30. The van der Waals surface area contributed by atoms with Gasteiger partial charge in [0.05, 0.1) is 0 Å². The number of rotatable bonds is 2. The molecule has 16 heavy (non-hydrogen) atoms. The summed E-state index contributed by atoms with van der Waals surface area (Å²) in [5, 5.41) is 9.39. The molecule has 88 valence electrons. The van der Waals surface area contributed by atoms with Crippen LogP contribution in [0, 0.1) is 11.7 Å². The Hall–Kier alpha value is -0.930. The summed E-state index contributed by atoms with van der Waals surface area (Å²) in [4.78, 5) is 2.24. The molecule has 1 aliphatic rings. The molecule has 0 aliphatic carbocycles. The zero-order valence-electron chi connectivity index (χ0n) is 9.56. The lowest BCUT2D eigenvalue weighted by Gasteiger charge is -2.36. The Morgan fingerprint density at radius 1 is 1.38 bits per heavy atom. The van der Waals surface area contributed by atoms with Crippen molar-refractivity contribution < 1.29 is 9.50 Å². The number of benzene rings is 1. The molecule has 1 aromatic rings.